The number of likely N-dealkylation sites (tertiary alicyclic amines) is 1. The van der Waals surface area contributed by atoms with E-state index in [0.717, 1.165) is 18.4 Å². The molecule has 126 valence electrons. The first-order chi connectivity index (χ1) is 11.6. The third kappa shape index (κ3) is 3.41. The van der Waals surface area contributed by atoms with Gasteiger partial charge in [-0.1, -0.05) is 30.3 Å². The van der Waals surface area contributed by atoms with E-state index >= 15 is 0 Å². The SMILES string of the molecule is Cn1ccc(C(=O)N2CCCC2CC(O)c2ccccc2)cc1=O. The van der Waals surface area contributed by atoms with Crippen LogP contribution in [0.2, 0.25) is 0 Å². The fraction of sp³-hybridized carbons (Fsp3) is 0.368. The van der Waals surface area contributed by atoms with Crippen molar-refractivity contribution in [3.8, 4) is 0 Å². The van der Waals surface area contributed by atoms with Crippen LogP contribution in [0.1, 0.15) is 41.3 Å². The average Bonchev–Trinajstić information content (AvgIpc) is 3.05. The Labute approximate surface area is 141 Å². The Balaban J connectivity index is 1.74. The Kier molecular flexibility index (Phi) is 4.81. The minimum Gasteiger partial charge on any atom is -0.388 e. The van der Waals surface area contributed by atoms with E-state index < -0.39 is 6.10 Å². The second kappa shape index (κ2) is 7.01. The number of rotatable bonds is 4. The molecule has 1 aromatic heterocycles. The summed E-state index contributed by atoms with van der Waals surface area (Å²) in [6, 6.07) is 12.6. The maximum atomic E-state index is 12.7. The van der Waals surface area contributed by atoms with Gasteiger partial charge in [-0.25, -0.2) is 0 Å². The maximum Gasteiger partial charge on any atom is 0.254 e. The van der Waals surface area contributed by atoms with Crippen molar-refractivity contribution in [1.29, 1.82) is 0 Å². The van der Waals surface area contributed by atoms with Crippen molar-refractivity contribution in [1.82, 2.24) is 9.47 Å². The van der Waals surface area contributed by atoms with Crippen LogP contribution < -0.4 is 5.56 Å². The number of aliphatic hydroxyl groups excluding tert-OH is 1. The zero-order valence-electron chi connectivity index (χ0n) is 13.8. The van der Waals surface area contributed by atoms with Crippen LogP contribution in [-0.4, -0.2) is 33.1 Å². The van der Waals surface area contributed by atoms with Crippen molar-refractivity contribution in [2.45, 2.75) is 31.4 Å². The van der Waals surface area contributed by atoms with E-state index in [-0.39, 0.29) is 17.5 Å². The Morgan fingerprint density at radius 1 is 1.29 bits per heavy atom. The molecule has 1 aliphatic heterocycles. The highest BCUT2D eigenvalue weighted by molar-refractivity contribution is 5.94. The van der Waals surface area contributed by atoms with Crippen molar-refractivity contribution in [3.63, 3.8) is 0 Å². The predicted molar refractivity (Wildman–Crippen MR) is 91.8 cm³/mol. The summed E-state index contributed by atoms with van der Waals surface area (Å²) in [6.45, 7) is 0.667. The molecule has 2 aromatic rings. The number of hydrogen-bond acceptors (Lipinski definition) is 3. The molecule has 5 nitrogen and oxygen atoms in total. The van der Waals surface area contributed by atoms with Gasteiger partial charge in [-0.2, -0.15) is 0 Å². The Hall–Kier alpha value is -2.40. The van der Waals surface area contributed by atoms with Gasteiger partial charge in [0, 0.05) is 37.5 Å². The summed E-state index contributed by atoms with van der Waals surface area (Å²) in [5.41, 5.74) is 1.09. The van der Waals surface area contributed by atoms with Crippen LogP contribution in [0.5, 0.6) is 0 Å². The molecule has 1 saturated heterocycles. The zero-order valence-corrected chi connectivity index (χ0v) is 13.8. The van der Waals surface area contributed by atoms with Gasteiger partial charge in [-0.05, 0) is 30.9 Å². The van der Waals surface area contributed by atoms with Gasteiger partial charge >= 0.3 is 0 Å². The molecular weight excluding hydrogens is 304 g/mol. The van der Waals surface area contributed by atoms with E-state index in [1.54, 1.807) is 24.2 Å². The molecule has 2 unspecified atom stereocenters. The standard InChI is InChI=1S/C19H22N2O3/c1-20-11-9-15(12-18(20)23)19(24)21-10-5-8-16(21)13-17(22)14-6-3-2-4-7-14/h2-4,6-7,9,11-12,16-17,22H,5,8,10,13H2,1H3. The number of nitrogens with zero attached hydrogens (tertiary/aromatic N) is 2. The number of benzene rings is 1. The van der Waals surface area contributed by atoms with Crippen molar-refractivity contribution in [2.75, 3.05) is 6.54 Å². The van der Waals surface area contributed by atoms with Crippen LogP contribution in [0, 0.1) is 0 Å². The number of amides is 1. The summed E-state index contributed by atoms with van der Waals surface area (Å²) in [4.78, 5) is 26.3. The van der Waals surface area contributed by atoms with Gasteiger partial charge in [0.2, 0.25) is 0 Å². The summed E-state index contributed by atoms with van der Waals surface area (Å²) in [7, 11) is 1.66. The predicted octanol–water partition coefficient (Wildman–Crippen LogP) is 2.11. The van der Waals surface area contributed by atoms with Crippen molar-refractivity contribution < 1.29 is 9.90 Å². The van der Waals surface area contributed by atoms with E-state index in [1.165, 1.54) is 10.6 Å². The molecule has 1 aromatic carbocycles. The highest BCUT2D eigenvalue weighted by Crippen LogP contribution is 2.28. The highest BCUT2D eigenvalue weighted by atomic mass is 16.3. The van der Waals surface area contributed by atoms with Crippen molar-refractivity contribution in [2.24, 2.45) is 7.05 Å². The minimum absolute atomic E-state index is 0.00300. The third-order valence-electron chi connectivity index (χ3n) is 4.67. The van der Waals surface area contributed by atoms with Crippen LogP contribution in [0.4, 0.5) is 0 Å². The highest BCUT2D eigenvalue weighted by Gasteiger charge is 2.31. The Morgan fingerprint density at radius 3 is 2.75 bits per heavy atom. The van der Waals surface area contributed by atoms with Crippen LogP contribution >= 0.6 is 0 Å². The quantitative estimate of drug-likeness (QED) is 0.936. The molecule has 0 saturated carbocycles. The number of aryl methyl sites for hydroxylation is 1. The number of hydrogen-bond donors (Lipinski definition) is 1. The van der Waals surface area contributed by atoms with Gasteiger partial charge in [0.15, 0.2) is 0 Å². The molecule has 0 spiro atoms. The molecule has 0 aliphatic carbocycles. The van der Waals surface area contributed by atoms with Gasteiger partial charge < -0.3 is 14.6 Å². The summed E-state index contributed by atoms with van der Waals surface area (Å²) in [5, 5.41) is 10.4. The monoisotopic (exact) mass is 326 g/mol. The normalized spacial score (nSPS) is 18.6. The molecule has 1 amide bonds. The second-order valence-corrected chi connectivity index (χ2v) is 6.32. The number of aromatic nitrogens is 1. The lowest BCUT2D eigenvalue weighted by Gasteiger charge is -2.27. The van der Waals surface area contributed by atoms with E-state index in [9.17, 15) is 14.7 Å². The summed E-state index contributed by atoms with van der Waals surface area (Å²) in [5.74, 6) is -0.129. The van der Waals surface area contributed by atoms with Gasteiger partial charge in [-0.3, -0.25) is 9.59 Å². The first-order valence-corrected chi connectivity index (χ1v) is 8.27. The number of carbonyl (C=O) groups excluding carboxylic acids is 1. The van der Waals surface area contributed by atoms with Gasteiger partial charge in [-0.15, -0.1) is 0 Å². The van der Waals surface area contributed by atoms with Crippen molar-refractivity contribution in [3.05, 3.63) is 70.1 Å². The smallest absolute Gasteiger partial charge is 0.254 e. The molecule has 5 heteroatoms. The van der Waals surface area contributed by atoms with Crippen LogP contribution in [0.3, 0.4) is 0 Å². The molecular formula is C19H22N2O3. The number of aliphatic hydroxyl groups is 1. The van der Waals surface area contributed by atoms with E-state index in [0.29, 0.717) is 18.5 Å². The van der Waals surface area contributed by atoms with E-state index in [2.05, 4.69) is 0 Å². The maximum absolute atomic E-state index is 12.7. The molecule has 2 heterocycles. The van der Waals surface area contributed by atoms with Crippen LogP contribution in [-0.2, 0) is 7.05 Å². The van der Waals surface area contributed by atoms with Crippen LogP contribution in [0.25, 0.3) is 0 Å². The Bertz CT molecular complexity index is 770. The zero-order chi connectivity index (χ0) is 17.1. The first-order valence-electron chi connectivity index (χ1n) is 8.27. The van der Waals surface area contributed by atoms with E-state index in [4.69, 9.17) is 0 Å². The van der Waals surface area contributed by atoms with Gasteiger partial charge in [0.1, 0.15) is 0 Å². The third-order valence-corrected chi connectivity index (χ3v) is 4.67. The topological polar surface area (TPSA) is 62.5 Å². The molecule has 0 bridgehead atoms. The van der Waals surface area contributed by atoms with Gasteiger partial charge in [0.25, 0.3) is 11.5 Å². The summed E-state index contributed by atoms with van der Waals surface area (Å²) >= 11 is 0. The lowest BCUT2D eigenvalue weighted by molar-refractivity contribution is 0.0666. The largest absolute Gasteiger partial charge is 0.388 e. The molecule has 0 radical (unpaired) electrons. The molecule has 2 atom stereocenters. The molecule has 1 fully saturated rings. The van der Waals surface area contributed by atoms with Crippen LogP contribution in [0.15, 0.2) is 53.5 Å². The summed E-state index contributed by atoms with van der Waals surface area (Å²) in [6.07, 6.45) is 3.33. The van der Waals surface area contributed by atoms with E-state index in [1.807, 2.05) is 30.3 Å². The average molecular weight is 326 g/mol. The Morgan fingerprint density at radius 2 is 2.04 bits per heavy atom. The van der Waals surface area contributed by atoms with Crippen molar-refractivity contribution >= 4 is 5.91 Å². The number of carbonyl (C=O) groups is 1. The molecule has 1 aliphatic rings. The fourth-order valence-corrected chi connectivity index (χ4v) is 3.26. The summed E-state index contributed by atoms with van der Waals surface area (Å²) < 4.78 is 1.44. The van der Waals surface area contributed by atoms with Gasteiger partial charge in [0.05, 0.1) is 6.10 Å². The minimum atomic E-state index is -0.590. The molecule has 24 heavy (non-hydrogen) atoms. The fourth-order valence-electron chi connectivity index (χ4n) is 3.26. The molecule has 3 rings (SSSR count). The lowest BCUT2D eigenvalue weighted by atomic mass is 10.0. The second-order valence-electron chi connectivity index (χ2n) is 6.32. The first kappa shape index (κ1) is 16.5. The number of pyridine rings is 1. The molecule has 1 N–H and O–H groups in total. The lowest BCUT2D eigenvalue weighted by Crippen LogP contribution is -2.37.